The fourth-order valence-electron chi connectivity index (χ4n) is 0.417. The van der Waals surface area contributed by atoms with Crippen molar-refractivity contribution < 1.29 is 0 Å². The Balaban J connectivity index is 2.08. The molecular weight excluding hydrogens is 80.1 g/mol. The average molecular weight is 87.2 g/mol. The van der Waals surface area contributed by atoms with Gasteiger partial charge in [0, 0.05) is 12.2 Å². The average Bonchev–Trinajstić information content (AvgIpc) is 1.76. The molecule has 0 nitrogen and oxygen atoms in total. The van der Waals surface area contributed by atoms with E-state index in [4.69, 9.17) is 0 Å². The molecule has 0 bridgehead atoms. The Morgan fingerprint density at radius 3 is 2.80 bits per heavy atom. The zero-order valence-corrected chi connectivity index (χ0v) is 3.92. The third-order valence-corrected chi connectivity index (χ3v) is 1.70. The molecule has 1 heteroatoms. The maximum atomic E-state index is 2.28. The first-order chi connectivity index (χ1) is 2.50. The summed E-state index contributed by atoms with van der Waals surface area (Å²) in [7, 11) is 0. The van der Waals surface area contributed by atoms with Gasteiger partial charge in [0.2, 0.25) is 0 Å². The summed E-state index contributed by atoms with van der Waals surface area (Å²) in [6.45, 7) is 0. The van der Waals surface area contributed by atoms with E-state index >= 15 is 0 Å². The zero-order chi connectivity index (χ0) is 3.54. The summed E-state index contributed by atoms with van der Waals surface area (Å²) >= 11 is 1.95. The van der Waals surface area contributed by atoms with Gasteiger partial charge in [0.25, 0.3) is 0 Å². The molecule has 0 aromatic carbocycles. The van der Waals surface area contributed by atoms with E-state index in [1.165, 1.54) is 18.6 Å². The van der Waals surface area contributed by atoms with Gasteiger partial charge in [-0.3, -0.25) is 0 Å². The molecule has 0 unspecified atom stereocenters. The van der Waals surface area contributed by atoms with Crippen molar-refractivity contribution >= 4 is 11.8 Å². The molecular formula is C4H7S+. The highest BCUT2D eigenvalue weighted by Crippen LogP contribution is 2.20. The van der Waals surface area contributed by atoms with Crippen LogP contribution < -0.4 is 0 Å². The van der Waals surface area contributed by atoms with Crippen LogP contribution in [-0.2, 0) is 0 Å². The maximum absolute atomic E-state index is 2.28. The molecule has 1 rings (SSSR count). The number of rotatable bonds is 0. The minimum absolute atomic E-state index is 1.34. The van der Waals surface area contributed by atoms with E-state index in [0.29, 0.717) is 0 Å². The lowest BCUT2D eigenvalue weighted by Crippen LogP contribution is -1.56. The van der Waals surface area contributed by atoms with Gasteiger partial charge in [-0.1, -0.05) is 0 Å². The summed E-state index contributed by atoms with van der Waals surface area (Å²) in [5, 5.41) is 0. The van der Waals surface area contributed by atoms with Crippen LogP contribution in [0.1, 0.15) is 12.8 Å². The van der Waals surface area contributed by atoms with Crippen LogP contribution >= 0.6 is 11.8 Å². The van der Waals surface area contributed by atoms with Crippen LogP contribution in [0.15, 0.2) is 0 Å². The summed E-state index contributed by atoms with van der Waals surface area (Å²) in [4.78, 5) is 0. The van der Waals surface area contributed by atoms with Crippen LogP contribution in [0.4, 0.5) is 0 Å². The minimum atomic E-state index is 1.34. The van der Waals surface area contributed by atoms with Crippen molar-refractivity contribution in [2.45, 2.75) is 12.8 Å². The molecule has 0 aromatic rings. The van der Waals surface area contributed by atoms with Crippen LogP contribution in [0.2, 0.25) is 0 Å². The second kappa shape index (κ2) is 1.61. The molecule has 1 fully saturated rings. The van der Waals surface area contributed by atoms with Gasteiger partial charge in [-0.25, -0.2) is 0 Å². The molecule has 28 valence electrons. The predicted molar refractivity (Wildman–Crippen MR) is 26.0 cm³/mol. The predicted octanol–water partition coefficient (Wildman–Crippen LogP) is 1.68. The van der Waals surface area contributed by atoms with Crippen molar-refractivity contribution in [3.63, 3.8) is 0 Å². The van der Waals surface area contributed by atoms with Gasteiger partial charge >= 0.3 is 0 Å². The van der Waals surface area contributed by atoms with Crippen LogP contribution in [0.25, 0.3) is 0 Å². The van der Waals surface area contributed by atoms with Gasteiger partial charge in [0.1, 0.15) is 12.2 Å². The molecule has 0 saturated carbocycles. The highest BCUT2D eigenvalue weighted by atomic mass is 32.2. The van der Waals surface area contributed by atoms with E-state index in [2.05, 4.69) is 5.75 Å². The zero-order valence-electron chi connectivity index (χ0n) is 3.11. The molecule has 0 atom stereocenters. The first-order valence-corrected chi connectivity index (χ1v) is 2.98. The molecule has 1 saturated heterocycles. The smallest absolute Gasteiger partial charge is 0.00179 e. The highest BCUT2D eigenvalue weighted by Gasteiger charge is 2.07. The van der Waals surface area contributed by atoms with Gasteiger partial charge in [0.05, 0.1) is 11.8 Å². The lowest BCUT2D eigenvalue weighted by molar-refractivity contribution is 0.993. The third-order valence-electron chi connectivity index (χ3n) is 0.702. The molecule has 5 heavy (non-hydrogen) atoms. The second-order valence-electron chi connectivity index (χ2n) is 1.18. The molecule has 0 spiro atoms. The van der Waals surface area contributed by atoms with Crippen molar-refractivity contribution in [2.24, 2.45) is 0 Å². The van der Waals surface area contributed by atoms with E-state index in [1.807, 2.05) is 11.8 Å². The Morgan fingerprint density at radius 1 is 1.60 bits per heavy atom. The van der Waals surface area contributed by atoms with Gasteiger partial charge < -0.3 is 0 Å². The van der Waals surface area contributed by atoms with Crippen LogP contribution in [0, 0.1) is 5.75 Å². The van der Waals surface area contributed by atoms with Crippen molar-refractivity contribution in [3.05, 3.63) is 5.75 Å². The van der Waals surface area contributed by atoms with Crippen molar-refractivity contribution in [3.8, 4) is 0 Å². The van der Waals surface area contributed by atoms with Crippen LogP contribution in [0.5, 0.6) is 0 Å². The van der Waals surface area contributed by atoms with Crippen LogP contribution in [-0.4, -0.2) is 5.75 Å². The third kappa shape index (κ3) is 0.763. The standard InChI is InChI=1S/C4H7S/c1-2-4-5-3-1/h3H,1-2,4H2/q+1. The van der Waals surface area contributed by atoms with Crippen molar-refractivity contribution in [1.29, 1.82) is 0 Å². The molecule has 0 aliphatic carbocycles. The number of hydrogen-bond acceptors (Lipinski definition) is 1. The summed E-state index contributed by atoms with van der Waals surface area (Å²) in [5.74, 6) is 3.64. The minimum Gasteiger partial charge on any atom is 0.00179 e. The largest absolute Gasteiger partial charge is 0.142 e. The normalized spacial score (nSPS) is 22.4. The van der Waals surface area contributed by atoms with Crippen LogP contribution in [0.3, 0.4) is 0 Å². The fraction of sp³-hybridized carbons (Fsp3) is 0.750. The number of thioether (sulfide) groups is 1. The summed E-state index contributed by atoms with van der Waals surface area (Å²) < 4.78 is 0. The Hall–Kier alpha value is 0.220. The van der Waals surface area contributed by atoms with Gasteiger partial charge in [-0.15, -0.1) is 0 Å². The van der Waals surface area contributed by atoms with E-state index in [1.54, 1.807) is 0 Å². The SMILES string of the molecule is [CH+]1CCCS1. The summed E-state index contributed by atoms with van der Waals surface area (Å²) in [5.41, 5.74) is 0. The molecule has 0 N–H and O–H groups in total. The Kier molecular flexibility index (Phi) is 1.10. The molecule has 0 aromatic heterocycles. The lowest BCUT2D eigenvalue weighted by atomic mass is 10.4. The Morgan fingerprint density at radius 2 is 2.60 bits per heavy atom. The highest BCUT2D eigenvalue weighted by molar-refractivity contribution is 8.01. The van der Waals surface area contributed by atoms with Gasteiger partial charge in [-0.05, 0) is 0 Å². The van der Waals surface area contributed by atoms with E-state index in [0.717, 1.165) is 0 Å². The quantitative estimate of drug-likeness (QED) is 0.405. The summed E-state index contributed by atoms with van der Waals surface area (Å²) in [6, 6.07) is 0. The molecule has 1 aliphatic heterocycles. The van der Waals surface area contributed by atoms with Gasteiger partial charge in [0.15, 0.2) is 0 Å². The monoisotopic (exact) mass is 87.0 g/mol. The van der Waals surface area contributed by atoms with E-state index < -0.39 is 0 Å². The first-order valence-electron chi connectivity index (χ1n) is 1.93. The van der Waals surface area contributed by atoms with Crippen molar-refractivity contribution in [1.82, 2.24) is 0 Å². The lowest BCUT2D eigenvalue weighted by Gasteiger charge is -1.58. The number of hydrogen-bond donors (Lipinski definition) is 0. The topological polar surface area (TPSA) is 0 Å². The molecule has 0 amide bonds. The molecule has 1 heterocycles. The molecule has 1 aliphatic rings. The van der Waals surface area contributed by atoms with E-state index in [-0.39, 0.29) is 0 Å². The fourth-order valence-corrected chi connectivity index (χ4v) is 1.25. The summed E-state index contributed by atoms with van der Waals surface area (Å²) in [6.07, 6.45) is 2.75. The second-order valence-corrected chi connectivity index (χ2v) is 2.25. The first kappa shape index (κ1) is 3.41. The Bertz CT molecular complexity index is 15.2. The Labute approximate surface area is 37.0 Å². The van der Waals surface area contributed by atoms with E-state index in [9.17, 15) is 0 Å². The van der Waals surface area contributed by atoms with Crippen molar-refractivity contribution in [2.75, 3.05) is 5.75 Å². The maximum Gasteiger partial charge on any atom is 0.142 e. The van der Waals surface area contributed by atoms with Gasteiger partial charge in [-0.2, -0.15) is 0 Å². The molecule has 0 radical (unpaired) electrons.